The first kappa shape index (κ1) is 16.3. The summed E-state index contributed by atoms with van der Waals surface area (Å²) in [6.45, 7) is 0.233. The SMILES string of the molecule is O=C(C[n+]1ccc(C=NO)cc1)c1cccc(Cl)c1.[Br-]. The van der Waals surface area contributed by atoms with Gasteiger partial charge in [-0.15, -0.1) is 0 Å². The number of benzene rings is 1. The molecule has 0 amide bonds. The molecule has 1 heterocycles. The van der Waals surface area contributed by atoms with Crippen LogP contribution in [-0.4, -0.2) is 17.2 Å². The quantitative estimate of drug-likeness (QED) is 0.260. The van der Waals surface area contributed by atoms with Crippen LogP contribution in [0.4, 0.5) is 0 Å². The van der Waals surface area contributed by atoms with Gasteiger partial charge in [0.05, 0.1) is 6.21 Å². The summed E-state index contributed by atoms with van der Waals surface area (Å²) < 4.78 is 1.75. The van der Waals surface area contributed by atoms with Gasteiger partial charge in [0, 0.05) is 28.3 Å². The molecule has 0 saturated heterocycles. The van der Waals surface area contributed by atoms with Crippen molar-refractivity contribution in [3.63, 3.8) is 0 Å². The zero-order valence-electron chi connectivity index (χ0n) is 10.4. The molecule has 0 saturated carbocycles. The summed E-state index contributed by atoms with van der Waals surface area (Å²) in [7, 11) is 0. The Kier molecular flexibility index (Phi) is 6.35. The first-order valence-corrected chi connectivity index (χ1v) is 6.02. The number of hydrogen-bond acceptors (Lipinski definition) is 3. The molecule has 104 valence electrons. The first-order chi connectivity index (χ1) is 9.19. The molecule has 0 aliphatic heterocycles. The molecule has 0 spiro atoms. The number of nitrogens with zero attached hydrogens (tertiary/aromatic N) is 2. The van der Waals surface area contributed by atoms with Gasteiger partial charge < -0.3 is 22.2 Å². The number of rotatable bonds is 4. The van der Waals surface area contributed by atoms with Crippen molar-refractivity contribution in [3.8, 4) is 0 Å². The second-order valence-corrected chi connectivity index (χ2v) is 4.42. The largest absolute Gasteiger partial charge is 1.00 e. The topological polar surface area (TPSA) is 53.5 Å². The summed E-state index contributed by atoms with van der Waals surface area (Å²) in [6.07, 6.45) is 4.82. The van der Waals surface area contributed by atoms with Gasteiger partial charge in [0.2, 0.25) is 12.3 Å². The Hall–Kier alpha value is -1.72. The van der Waals surface area contributed by atoms with E-state index < -0.39 is 0 Å². The first-order valence-electron chi connectivity index (χ1n) is 5.64. The number of oxime groups is 1. The molecule has 0 radical (unpaired) electrons. The molecule has 0 aliphatic carbocycles. The molecule has 1 aromatic carbocycles. The predicted octanol–water partition coefficient (Wildman–Crippen LogP) is -0.678. The molecular formula is C14H12BrClN2O2. The minimum Gasteiger partial charge on any atom is -1.00 e. The Morgan fingerprint density at radius 3 is 2.60 bits per heavy atom. The van der Waals surface area contributed by atoms with Crippen molar-refractivity contribution in [2.24, 2.45) is 5.16 Å². The van der Waals surface area contributed by atoms with Gasteiger partial charge in [0.15, 0.2) is 12.4 Å². The van der Waals surface area contributed by atoms with Crippen LogP contribution in [0.15, 0.2) is 53.9 Å². The van der Waals surface area contributed by atoms with Crippen LogP contribution in [-0.2, 0) is 6.54 Å². The number of Topliss-reactive ketones (excluding diaryl/α,β-unsaturated/α-hetero) is 1. The average molecular weight is 356 g/mol. The molecule has 0 fully saturated rings. The fraction of sp³-hybridized carbons (Fsp3) is 0.0714. The van der Waals surface area contributed by atoms with E-state index in [9.17, 15) is 4.79 Å². The molecule has 1 aromatic heterocycles. The Morgan fingerprint density at radius 1 is 1.30 bits per heavy atom. The van der Waals surface area contributed by atoms with E-state index >= 15 is 0 Å². The molecule has 1 N–H and O–H groups in total. The predicted molar refractivity (Wildman–Crippen MR) is 71.8 cm³/mol. The highest BCUT2D eigenvalue weighted by Crippen LogP contribution is 2.11. The summed E-state index contributed by atoms with van der Waals surface area (Å²) in [5.41, 5.74) is 1.34. The second-order valence-electron chi connectivity index (χ2n) is 3.98. The highest BCUT2D eigenvalue weighted by atomic mass is 79.9. The van der Waals surface area contributed by atoms with Crippen molar-refractivity contribution < 1.29 is 31.6 Å². The average Bonchev–Trinajstić information content (AvgIpc) is 2.41. The van der Waals surface area contributed by atoms with Crippen LogP contribution in [0.25, 0.3) is 0 Å². The number of carbonyl (C=O) groups excluding carboxylic acids is 1. The van der Waals surface area contributed by atoms with Crippen LogP contribution in [0, 0.1) is 0 Å². The Balaban J connectivity index is 0.00000200. The lowest BCUT2D eigenvalue weighted by atomic mass is 10.1. The fourth-order valence-electron chi connectivity index (χ4n) is 1.65. The van der Waals surface area contributed by atoms with Gasteiger partial charge >= 0.3 is 0 Å². The van der Waals surface area contributed by atoms with Gasteiger partial charge in [-0.1, -0.05) is 28.9 Å². The Morgan fingerprint density at radius 2 is 2.00 bits per heavy atom. The normalized spacial score (nSPS) is 10.2. The van der Waals surface area contributed by atoms with Crippen molar-refractivity contribution in [2.75, 3.05) is 0 Å². The maximum Gasteiger partial charge on any atom is 0.227 e. The third-order valence-electron chi connectivity index (χ3n) is 2.60. The number of carbonyl (C=O) groups is 1. The zero-order valence-corrected chi connectivity index (χ0v) is 12.8. The van der Waals surface area contributed by atoms with Crippen LogP contribution in [0.5, 0.6) is 0 Å². The molecule has 0 bridgehead atoms. The van der Waals surface area contributed by atoms with E-state index in [1.165, 1.54) is 6.21 Å². The lowest BCUT2D eigenvalue weighted by Crippen LogP contribution is -3.00. The summed E-state index contributed by atoms with van der Waals surface area (Å²) in [4.78, 5) is 12.0. The maximum atomic E-state index is 12.0. The highest BCUT2D eigenvalue weighted by molar-refractivity contribution is 6.30. The Labute approximate surface area is 132 Å². The number of hydrogen-bond donors (Lipinski definition) is 1. The van der Waals surface area contributed by atoms with Gasteiger partial charge in [-0.3, -0.25) is 4.79 Å². The summed E-state index contributed by atoms with van der Waals surface area (Å²) in [5.74, 6) is -0.0175. The van der Waals surface area contributed by atoms with Gasteiger partial charge in [-0.25, -0.2) is 0 Å². The van der Waals surface area contributed by atoms with Crippen LogP contribution >= 0.6 is 11.6 Å². The van der Waals surface area contributed by atoms with Crippen LogP contribution in [0.2, 0.25) is 5.02 Å². The summed E-state index contributed by atoms with van der Waals surface area (Å²) in [6, 6.07) is 10.4. The summed E-state index contributed by atoms with van der Waals surface area (Å²) in [5, 5.41) is 11.9. The maximum absolute atomic E-state index is 12.0. The molecule has 6 heteroatoms. The smallest absolute Gasteiger partial charge is 0.227 e. The minimum absolute atomic E-state index is 0. The van der Waals surface area contributed by atoms with E-state index in [2.05, 4.69) is 5.16 Å². The van der Waals surface area contributed by atoms with Crippen LogP contribution < -0.4 is 21.5 Å². The molecule has 0 atom stereocenters. The van der Waals surface area contributed by atoms with Crippen molar-refractivity contribution in [3.05, 3.63) is 64.9 Å². The van der Waals surface area contributed by atoms with E-state index in [-0.39, 0.29) is 29.3 Å². The van der Waals surface area contributed by atoms with Crippen molar-refractivity contribution in [2.45, 2.75) is 6.54 Å². The number of halogens is 2. The van der Waals surface area contributed by atoms with E-state index in [1.807, 2.05) is 0 Å². The molecule has 0 aliphatic rings. The third kappa shape index (κ3) is 4.43. The third-order valence-corrected chi connectivity index (χ3v) is 2.83. The standard InChI is InChI=1S/C14H11ClN2O2.BrH/c15-13-3-1-2-12(8-13)14(18)10-17-6-4-11(5-7-17)9-16-19;/h1-9H,10H2;1H. The Bertz CT molecular complexity index is 615. The van der Waals surface area contributed by atoms with Crippen LogP contribution in [0.1, 0.15) is 15.9 Å². The molecular weight excluding hydrogens is 344 g/mol. The van der Waals surface area contributed by atoms with E-state index in [4.69, 9.17) is 16.8 Å². The molecule has 2 aromatic rings. The number of ketones is 1. The van der Waals surface area contributed by atoms with Crippen LogP contribution in [0.3, 0.4) is 0 Å². The van der Waals surface area contributed by atoms with Crippen molar-refractivity contribution >= 4 is 23.6 Å². The molecule has 4 nitrogen and oxygen atoms in total. The van der Waals surface area contributed by atoms with Gasteiger partial charge in [0.25, 0.3) is 0 Å². The molecule has 20 heavy (non-hydrogen) atoms. The lowest BCUT2D eigenvalue weighted by molar-refractivity contribution is -0.683. The minimum atomic E-state index is -0.0175. The van der Waals surface area contributed by atoms with E-state index in [1.54, 1.807) is 53.4 Å². The van der Waals surface area contributed by atoms with Gasteiger partial charge in [0.1, 0.15) is 0 Å². The van der Waals surface area contributed by atoms with Crippen molar-refractivity contribution in [1.29, 1.82) is 0 Å². The number of pyridine rings is 1. The summed E-state index contributed by atoms with van der Waals surface area (Å²) >= 11 is 5.85. The second kappa shape index (κ2) is 7.77. The van der Waals surface area contributed by atoms with E-state index in [0.717, 1.165) is 5.56 Å². The molecule has 0 unspecified atom stereocenters. The van der Waals surface area contributed by atoms with Crippen molar-refractivity contribution in [1.82, 2.24) is 0 Å². The highest BCUT2D eigenvalue weighted by Gasteiger charge is 2.12. The van der Waals surface area contributed by atoms with Gasteiger partial charge in [-0.05, 0) is 12.1 Å². The zero-order chi connectivity index (χ0) is 13.7. The number of aromatic nitrogens is 1. The van der Waals surface area contributed by atoms with Gasteiger partial charge in [-0.2, -0.15) is 4.57 Å². The molecule has 2 rings (SSSR count). The monoisotopic (exact) mass is 354 g/mol. The fourth-order valence-corrected chi connectivity index (χ4v) is 1.84. The van der Waals surface area contributed by atoms with E-state index in [0.29, 0.717) is 10.6 Å². The lowest BCUT2D eigenvalue weighted by Gasteiger charge is -1.99.